The van der Waals surface area contributed by atoms with Crippen LogP contribution in [-0.4, -0.2) is 22.0 Å². The average molecular weight is 332 g/mol. The molecule has 2 aromatic rings. The number of nitrogens with zero attached hydrogens (tertiary/aromatic N) is 1. The minimum Gasteiger partial charge on any atom is -0.481 e. The topological polar surface area (TPSA) is 79.3 Å². The highest BCUT2D eigenvalue weighted by atomic mass is 32.1. The number of carboxylic acid groups (broad SMARTS) is 1. The monoisotopic (exact) mass is 332 g/mol. The van der Waals surface area contributed by atoms with E-state index in [1.807, 2.05) is 20.8 Å². The first kappa shape index (κ1) is 17.1. The number of carbonyl (C=O) groups is 2. The lowest BCUT2D eigenvalue weighted by Gasteiger charge is -2.17. The van der Waals surface area contributed by atoms with Crippen LogP contribution in [0.25, 0.3) is 0 Å². The van der Waals surface area contributed by atoms with Crippen LogP contribution >= 0.6 is 11.3 Å². The molecule has 2 N–H and O–H groups in total. The van der Waals surface area contributed by atoms with Crippen LogP contribution in [0.5, 0.6) is 0 Å². The van der Waals surface area contributed by atoms with Gasteiger partial charge >= 0.3 is 5.97 Å². The van der Waals surface area contributed by atoms with Gasteiger partial charge in [-0.25, -0.2) is 4.98 Å². The van der Waals surface area contributed by atoms with Crippen LogP contribution in [0.3, 0.4) is 0 Å². The zero-order valence-corrected chi connectivity index (χ0v) is 14.4. The first-order valence-electron chi connectivity index (χ1n) is 7.28. The Morgan fingerprint density at radius 2 is 2.00 bits per heavy atom. The molecule has 2 rings (SSSR count). The van der Waals surface area contributed by atoms with E-state index in [2.05, 4.69) is 10.3 Å². The Labute approximate surface area is 139 Å². The summed E-state index contributed by atoms with van der Waals surface area (Å²) in [5.74, 6) is -1.75. The normalized spacial score (nSPS) is 12.7. The van der Waals surface area contributed by atoms with Crippen molar-refractivity contribution < 1.29 is 14.7 Å². The summed E-state index contributed by atoms with van der Waals surface area (Å²) in [6.07, 6.45) is 0. The van der Waals surface area contributed by atoms with E-state index >= 15 is 0 Å². The Bertz CT molecular complexity index is 731. The predicted molar refractivity (Wildman–Crippen MR) is 91.3 cm³/mol. The molecule has 23 heavy (non-hydrogen) atoms. The number of carbonyl (C=O) groups excluding carboxylic acids is 1. The molecular formula is C17H20N2O3S. The molecule has 0 bridgehead atoms. The number of rotatable bonds is 4. The SMILES string of the molecule is CC(C(=O)O)c1cccc(NC(=O)c2scnc2C(C)(C)C)c1. The number of thiazole rings is 1. The van der Waals surface area contributed by atoms with Gasteiger partial charge in [0.05, 0.1) is 17.1 Å². The highest BCUT2D eigenvalue weighted by Gasteiger charge is 2.25. The molecule has 0 radical (unpaired) electrons. The van der Waals surface area contributed by atoms with Gasteiger partial charge < -0.3 is 10.4 Å². The van der Waals surface area contributed by atoms with Gasteiger partial charge in [-0.15, -0.1) is 11.3 Å². The minimum absolute atomic E-state index is 0.216. The van der Waals surface area contributed by atoms with E-state index in [0.29, 0.717) is 16.1 Å². The number of hydrogen-bond donors (Lipinski definition) is 2. The smallest absolute Gasteiger partial charge is 0.310 e. The summed E-state index contributed by atoms with van der Waals surface area (Å²) < 4.78 is 0. The van der Waals surface area contributed by atoms with E-state index < -0.39 is 11.9 Å². The number of anilines is 1. The molecule has 5 nitrogen and oxygen atoms in total. The Hall–Kier alpha value is -2.21. The van der Waals surface area contributed by atoms with Crippen LogP contribution in [0.1, 0.15) is 54.5 Å². The van der Waals surface area contributed by atoms with Gasteiger partial charge in [0.2, 0.25) is 0 Å². The molecule has 122 valence electrons. The summed E-state index contributed by atoms with van der Waals surface area (Å²) in [7, 11) is 0. The second-order valence-corrected chi connectivity index (χ2v) is 7.27. The highest BCUT2D eigenvalue weighted by Crippen LogP contribution is 2.28. The standard InChI is InChI=1S/C17H20N2O3S/c1-10(16(21)22)11-6-5-7-12(8-11)19-15(20)13-14(17(2,3)4)18-9-23-13/h5-10H,1-4H3,(H,19,20)(H,21,22). The van der Waals surface area contributed by atoms with Gasteiger partial charge in [-0.3, -0.25) is 9.59 Å². The summed E-state index contributed by atoms with van der Waals surface area (Å²) in [5, 5.41) is 11.9. The molecule has 1 unspecified atom stereocenters. The molecule has 0 aliphatic carbocycles. The van der Waals surface area contributed by atoms with Crippen molar-refractivity contribution in [2.45, 2.75) is 39.0 Å². The van der Waals surface area contributed by atoms with Crippen molar-refractivity contribution in [1.82, 2.24) is 4.98 Å². The number of carboxylic acids is 1. The van der Waals surface area contributed by atoms with Gasteiger partial charge in [0.25, 0.3) is 5.91 Å². The van der Waals surface area contributed by atoms with Crippen molar-refractivity contribution in [2.24, 2.45) is 0 Å². The highest BCUT2D eigenvalue weighted by molar-refractivity contribution is 7.12. The van der Waals surface area contributed by atoms with Crippen LogP contribution in [-0.2, 0) is 10.2 Å². The largest absolute Gasteiger partial charge is 0.481 e. The summed E-state index contributed by atoms with van der Waals surface area (Å²) >= 11 is 1.30. The summed E-state index contributed by atoms with van der Waals surface area (Å²) in [6, 6.07) is 6.91. The van der Waals surface area contributed by atoms with Crippen molar-refractivity contribution in [3.63, 3.8) is 0 Å². The molecule has 0 saturated carbocycles. The van der Waals surface area contributed by atoms with Crippen LogP contribution < -0.4 is 5.32 Å². The van der Waals surface area contributed by atoms with Crippen molar-refractivity contribution in [2.75, 3.05) is 5.32 Å². The Morgan fingerprint density at radius 3 is 2.61 bits per heavy atom. The number of benzene rings is 1. The molecule has 1 aromatic carbocycles. The van der Waals surface area contributed by atoms with E-state index in [9.17, 15) is 9.59 Å². The maximum atomic E-state index is 12.5. The Kier molecular flexibility index (Phi) is 4.85. The lowest BCUT2D eigenvalue weighted by atomic mass is 9.91. The van der Waals surface area contributed by atoms with Crippen LogP contribution in [0.2, 0.25) is 0 Å². The van der Waals surface area contributed by atoms with Gasteiger partial charge in [-0.05, 0) is 24.6 Å². The number of nitrogens with one attached hydrogen (secondary N) is 1. The Morgan fingerprint density at radius 1 is 1.30 bits per heavy atom. The molecule has 1 atom stereocenters. The third kappa shape index (κ3) is 3.96. The lowest BCUT2D eigenvalue weighted by molar-refractivity contribution is -0.138. The lowest BCUT2D eigenvalue weighted by Crippen LogP contribution is -2.20. The van der Waals surface area contributed by atoms with Crippen molar-refractivity contribution >= 4 is 28.9 Å². The third-order valence-corrected chi connectivity index (χ3v) is 4.32. The van der Waals surface area contributed by atoms with E-state index in [1.54, 1.807) is 36.7 Å². The molecular weight excluding hydrogens is 312 g/mol. The third-order valence-electron chi connectivity index (χ3n) is 3.50. The first-order valence-corrected chi connectivity index (χ1v) is 8.16. The van der Waals surface area contributed by atoms with Gasteiger partial charge in [0.1, 0.15) is 4.88 Å². The van der Waals surface area contributed by atoms with Crippen LogP contribution in [0.15, 0.2) is 29.8 Å². The van der Waals surface area contributed by atoms with Crippen LogP contribution in [0.4, 0.5) is 5.69 Å². The average Bonchev–Trinajstić information content (AvgIpc) is 2.96. The zero-order valence-electron chi connectivity index (χ0n) is 13.6. The van der Waals surface area contributed by atoms with Gasteiger partial charge in [0.15, 0.2) is 0 Å². The quantitative estimate of drug-likeness (QED) is 0.890. The maximum Gasteiger partial charge on any atom is 0.310 e. The molecule has 0 spiro atoms. The molecule has 1 aromatic heterocycles. The van der Waals surface area contributed by atoms with E-state index in [4.69, 9.17) is 5.11 Å². The Balaban J connectivity index is 2.23. The van der Waals surface area contributed by atoms with Gasteiger partial charge in [-0.2, -0.15) is 0 Å². The maximum absolute atomic E-state index is 12.5. The fourth-order valence-corrected chi connectivity index (χ4v) is 3.05. The molecule has 1 amide bonds. The zero-order chi connectivity index (χ0) is 17.2. The fourth-order valence-electron chi connectivity index (χ4n) is 2.16. The molecule has 0 aliphatic rings. The van der Waals surface area contributed by atoms with E-state index in [-0.39, 0.29) is 11.3 Å². The minimum atomic E-state index is -0.897. The van der Waals surface area contributed by atoms with E-state index in [0.717, 1.165) is 5.69 Å². The molecule has 0 aliphatic heterocycles. The van der Waals surface area contributed by atoms with Crippen molar-refractivity contribution in [3.8, 4) is 0 Å². The molecule has 0 saturated heterocycles. The second-order valence-electron chi connectivity index (χ2n) is 6.42. The number of aromatic nitrogens is 1. The fraction of sp³-hybridized carbons (Fsp3) is 0.353. The molecule has 1 heterocycles. The first-order chi connectivity index (χ1) is 10.7. The molecule has 0 fully saturated rings. The predicted octanol–water partition coefficient (Wildman–Crippen LogP) is 3.88. The number of amides is 1. The number of hydrogen-bond acceptors (Lipinski definition) is 4. The summed E-state index contributed by atoms with van der Waals surface area (Å²) in [5.41, 5.74) is 3.43. The van der Waals surface area contributed by atoms with Crippen molar-refractivity contribution in [3.05, 3.63) is 45.9 Å². The van der Waals surface area contributed by atoms with Gasteiger partial charge in [-0.1, -0.05) is 32.9 Å². The van der Waals surface area contributed by atoms with Gasteiger partial charge in [0, 0.05) is 11.1 Å². The van der Waals surface area contributed by atoms with Crippen LogP contribution in [0, 0.1) is 0 Å². The number of aliphatic carboxylic acids is 1. The van der Waals surface area contributed by atoms with Crippen molar-refractivity contribution in [1.29, 1.82) is 0 Å². The summed E-state index contributed by atoms with van der Waals surface area (Å²) in [6.45, 7) is 7.64. The second kappa shape index (κ2) is 6.50. The molecule has 6 heteroatoms. The van der Waals surface area contributed by atoms with E-state index in [1.165, 1.54) is 11.3 Å². The summed E-state index contributed by atoms with van der Waals surface area (Å²) in [4.78, 5) is 28.5.